The normalized spacial score (nSPS) is 15.2. The Morgan fingerprint density at radius 1 is 1.33 bits per heavy atom. The molecule has 1 aliphatic carbocycles. The van der Waals surface area contributed by atoms with E-state index in [-0.39, 0.29) is 11.8 Å². The number of nitrogens with two attached hydrogens (primary N) is 1. The van der Waals surface area contributed by atoms with Gasteiger partial charge in [0.15, 0.2) is 5.65 Å². The van der Waals surface area contributed by atoms with Crippen molar-refractivity contribution in [1.82, 2.24) is 19.7 Å². The van der Waals surface area contributed by atoms with Crippen LogP contribution in [0.5, 0.6) is 0 Å². The average Bonchev–Trinajstić information content (AvgIpc) is 2.67. The standard InChI is InChI=1S/C10H11N5O.C2H6/c1-5-8-9(11)12-4-13-10(8)15(14-5)6-2-7(16)3-6;1-2/h4,6H,2-3H2,1H3,(H2,11,12,13);1-2H3. The van der Waals surface area contributed by atoms with Crippen molar-refractivity contribution in [1.29, 1.82) is 0 Å². The number of aryl methyl sites for hydroxylation is 1. The Balaban J connectivity index is 0.000000574. The Labute approximate surface area is 105 Å². The number of hydrogen-bond acceptors (Lipinski definition) is 5. The lowest BCUT2D eigenvalue weighted by Crippen LogP contribution is -2.27. The first-order valence-corrected chi connectivity index (χ1v) is 6.14. The van der Waals surface area contributed by atoms with Gasteiger partial charge >= 0.3 is 0 Å². The van der Waals surface area contributed by atoms with Gasteiger partial charge in [0.05, 0.1) is 17.1 Å². The number of aromatic nitrogens is 4. The molecule has 2 aromatic heterocycles. The molecule has 0 spiro atoms. The first kappa shape index (κ1) is 12.5. The van der Waals surface area contributed by atoms with Crippen LogP contribution in [0.2, 0.25) is 0 Å². The molecule has 2 aromatic rings. The Bertz CT molecular complexity index is 581. The molecule has 6 nitrogen and oxygen atoms in total. The average molecular weight is 247 g/mol. The molecule has 0 amide bonds. The van der Waals surface area contributed by atoms with Crippen molar-refractivity contribution in [2.75, 3.05) is 5.73 Å². The van der Waals surface area contributed by atoms with Gasteiger partial charge in [-0.3, -0.25) is 4.79 Å². The topological polar surface area (TPSA) is 86.7 Å². The van der Waals surface area contributed by atoms with E-state index >= 15 is 0 Å². The molecule has 1 aliphatic rings. The van der Waals surface area contributed by atoms with Crippen molar-refractivity contribution < 1.29 is 4.79 Å². The lowest BCUT2D eigenvalue weighted by molar-refractivity contribution is -0.126. The fraction of sp³-hybridized carbons (Fsp3) is 0.500. The van der Waals surface area contributed by atoms with E-state index in [0.29, 0.717) is 18.7 Å². The number of carbonyl (C=O) groups excluding carboxylic acids is 1. The summed E-state index contributed by atoms with van der Waals surface area (Å²) >= 11 is 0. The molecule has 0 radical (unpaired) electrons. The van der Waals surface area contributed by atoms with E-state index in [2.05, 4.69) is 15.1 Å². The Kier molecular flexibility index (Phi) is 3.27. The second kappa shape index (κ2) is 4.72. The number of carbonyl (C=O) groups is 1. The van der Waals surface area contributed by atoms with E-state index in [1.165, 1.54) is 6.33 Å². The molecule has 2 N–H and O–H groups in total. The third-order valence-electron chi connectivity index (χ3n) is 2.97. The number of anilines is 1. The van der Waals surface area contributed by atoms with Crippen LogP contribution in [-0.4, -0.2) is 25.5 Å². The number of Topliss-reactive ketones (excluding diaryl/α,β-unsaturated/α-hetero) is 1. The van der Waals surface area contributed by atoms with E-state index in [9.17, 15) is 4.79 Å². The molecule has 1 saturated carbocycles. The maximum atomic E-state index is 11.0. The van der Waals surface area contributed by atoms with Gasteiger partial charge < -0.3 is 5.73 Å². The molecular weight excluding hydrogens is 230 g/mol. The zero-order valence-electron chi connectivity index (χ0n) is 10.8. The Hall–Kier alpha value is -1.98. The van der Waals surface area contributed by atoms with Crippen LogP contribution in [0.15, 0.2) is 6.33 Å². The molecule has 1 fully saturated rings. The number of nitrogens with zero attached hydrogens (tertiary/aromatic N) is 4. The lowest BCUT2D eigenvalue weighted by Gasteiger charge is -2.24. The second-order valence-corrected chi connectivity index (χ2v) is 4.09. The highest BCUT2D eigenvalue weighted by Crippen LogP contribution is 2.32. The highest BCUT2D eigenvalue weighted by atomic mass is 16.1. The number of hydrogen-bond donors (Lipinski definition) is 1. The summed E-state index contributed by atoms with van der Waals surface area (Å²) in [4.78, 5) is 19.1. The van der Waals surface area contributed by atoms with E-state index in [4.69, 9.17) is 5.73 Å². The van der Waals surface area contributed by atoms with Crippen LogP contribution in [0, 0.1) is 6.92 Å². The summed E-state index contributed by atoms with van der Waals surface area (Å²) in [5, 5.41) is 5.18. The minimum atomic E-state index is 0.137. The monoisotopic (exact) mass is 247 g/mol. The third kappa shape index (κ3) is 1.83. The van der Waals surface area contributed by atoms with Crippen molar-refractivity contribution in [2.24, 2.45) is 0 Å². The van der Waals surface area contributed by atoms with E-state index in [0.717, 1.165) is 16.7 Å². The number of rotatable bonds is 1. The zero-order chi connectivity index (χ0) is 13.3. The summed E-state index contributed by atoms with van der Waals surface area (Å²) in [5.74, 6) is 0.715. The summed E-state index contributed by atoms with van der Waals surface area (Å²) in [7, 11) is 0. The molecule has 0 unspecified atom stereocenters. The van der Waals surface area contributed by atoms with Gasteiger partial charge in [0.25, 0.3) is 0 Å². The quantitative estimate of drug-likeness (QED) is 0.827. The van der Waals surface area contributed by atoms with Gasteiger partial charge in [-0.25, -0.2) is 14.6 Å². The second-order valence-electron chi connectivity index (χ2n) is 4.09. The zero-order valence-corrected chi connectivity index (χ0v) is 10.8. The van der Waals surface area contributed by atoms with Crippen LogP contribution in [0.25, 0.3) is 11.0 Å². The van der Waals surface area contributed by atoms with Crippen LogP contribution >= 0.6 is 0 Å². The van der Waals surface area contributed by atoms with Gasteiger partial charge in [-0.15, -0.1) is 0 Å². The Morgan fingerprint density at radius 2 is 2.00 bits per heavy atom. The van der Waals surface area contributed by atoms with E-state index < -0.39 is 0 Å². The minimum Gasteiger partial charge on any atom is -0.383 e. The lowest BCUT2D eigenvalue weighted by atomic mass is 9.92. The highest BCUT2D eigenvalue weighted by Gasteiger charge is 2.31. The summed E-state index contributed by atoms with van der Waals surface area (Å²) in [6, 6.07) is 0.137. The van der Waals surface area contributed by atoms with E-state index in [1.807, 2.05) is 20.8 Å². The van der Waals surface area contributed by atoms with Crippen molar-refractivity contribution in [3.63, 3.8) is 0 Å². The minimum absolute atomic E-state index is 0.137. The van der Waals surface area contributed by atoms with Crippen molar-refractivity contribution in [2.45, 2.75) is 39.7 Å². The smallest absolute Gasteiger partial charge is 0.163 e. The van der Waals surface area contributed by atoms with E-state index in [1.54, 1.807) is 4.68 Å². The molecule has 0 saturated heterocycles. The first-order chi connectivity index (χ1) is 8.66. The fourth-order valence-corrected chi connectivity index (χ4v) is 2.06. The fourth-order valence-electron chi connectivity index (χ4n) is 2.06. The molecule has 6 heteroatoms. The molecule has 2 heterocycles. The Morgan fingerprint density at radius 3 is 2.61 bits per heavy atom. The summed E-state index contributed by atoms with van der Waals surface area (Å²) in [6.45, 7) is 5.87. The molecule has 0 bridgehead atoms. The SMILES string of the molecule is CC.Cc1nn(C2CC(=O)C2)c2ncnc(N)c12. The van der Waals surface area contributed by atoms with Gasteiger partial charge in [-0.2, -0.15) is 5.10 Å². The van der Waals surface area contributed by atoms with Crippen molar-refractivity contribution in [3.8, 4) is 0 Å². The maximum absolute atomic E-state index is 11.0. The number of fused-ring (bicyclic) bond motifs is 1. The van der Waals surface area contributed by atoms with Crippen molar-refractivity contribution >= 4 is 22.6 Å². The third-order valence-corrected chi connectivity index (χ3v) is 2.97. The molecule has 96 valence electrons. The summed E-state index contributed by atoms with van der Waals surface area (Å²) < 4.78 is 1.80. The van der Waals surface area contributed by atoms with Crippen LogP contribution in [-0.2, 0) is 4.79 Å². The predicted molar refractivity (Wildman–Crippen MR) is 69.1 cm³/mol. The molecule has 0 aliphatic heterocycles. The molecule has 0 atom stereocenters. The van der Waals surface area contributed by atoms with Gasteiger partial charge in [-0.1, -0.05) is 13.8 Å². The molecule has 18 heavy (non-hydrogen) atoms. The molecule has 0 aromatic carbocycles. The maximum Gasteiger partial charge on any atom is 0.163 e. The van der Waals surface area contributed by atoms with Crippen molar-refractivity contribution in [3.05, 3.63) is 12.0 Å². The highest BCUT2D eigenvalue weighted by molar-refractivity contribution is 5.89. The van der Waals surface area contributed by atoms with Gasteiger partial charge in [0.2, 0.25) is 0 Å². The first-order valence-electron chi connectivity index (χ1n) is 6.14. The van der Waals surface area contributed by atoms with Crippen LogP contribution in [0.4, 0.5) is 5.82 Å². The van der Waals surface area contributed by atoms with Crippen LogP contribution in [0.3, 0.4) is 0 Å². The largest absolute Gasteiger partial charge is 0.383 e. The molecular formula is C12H17N5O. The summed E-state index contributed by atoms with van der Waals surface area (Å²) in [6.07, 6.45) is 2.51. The molecule has 3 rings (SSSR count). The van der Waals surface area contributed by atoms with Gasteiger partial charge in [0.1, 0.15) is 17.9 Å². The summed E-state index contributed by atoms with van der Waals surface area (Å²) in [5.41, 5.74) is 7.32. The number of nitrogen functional groups attached to an aromatic ring is 1. The van der Waals surface area contributed by atoms with Crippen LogP contribution < -0.4 is 5.73 Å². The van der Waals surface area contributed by atoms with Gasteiger partial charge in [0, 0.05) is 12.8 Å². The predicted octanol–water partition coefficient (Wildman–Crippen LogP) is 1.65. The number of ketones is 1. The van der Waals surface area contributed by atoms with Crippen LogP contribution in [0.1, 0.15) is 38.4 Å². The van der Waals surface area contributed by atoms with Gasteiger partial charge in [-0.05, 0) is 6.92 Å².